The summed E-state index contributed by atoms with van der Waals surface area (Å²) in [4.78, 5) is 15.2. The molecule has 4 nitrogen and oxygen atoms in total. The third-order valence-electron chi connectivity index (χ3n) is 4.49. The predicted octanol–water partition coefficient (Wildman–Crippen LogP) is 2.44. The van der Waals surface area contributed by atoms with Gasteiger partial charge in [0.1, 0.15) is 0 Å². The Balaban J connectivity index is 1.53. The fourth-order valence-electron chi connectivity index (χ4n) is 3.41. The third kappa shape index (κ3) is 2.83. The monoisotopic (exact) mass is 338 g/mol. The SMILES string of the molecule is O=C(O)CN1CC2(CCN(c3ccc(Br)cc3)CC2)C1. The molecule has 2 fully saturated rings. The van der Waals surface area contributed by atoms with Crippen molar-refractivity contribution >= 4 is 27.6 Å². The zero-order valence-electron chi connectivity index (χ0n) is 11.4. The molecule has 0 saturated carbocycles. The first-order chi connectivity index (χ1) is 9.56. The van der Waals surface area contributed by atoms with Crippen LogP contribution in [0, 0.1) is 5.41 Å². The highest BCUT2D eigenvalue weighted by Gasteiger charge is 2.45. The zero-order chi connectivity index (χ0) is 14.2. The maximum absolute atomic E-state index is 10.7. The Hall–Kier alpha value is -1.07. The fourth-order valence-corrected chi connectivity index (χ4v) is 3.68. The quantitative estimate of drug-likeness (QED) is 0.919. The first-order valence-corrected chi connectivity index (χ1v) is 7.80. The van der Waals surface area contributed by atoms with Crippen LogP contribution in [-0.4, -0.2) is 48.7 Å². The molecule has 20 heavy (non-hydrogen) atoms. The molecule has 2 aliphatic heterocycles. The van der Waals surface area contributed by atoms with Gasteiger partial charge in [-0.3, -0.25) is 9.69 Å². The molecule has 2 aliphatic rings. The number of likely N-dealkylation sites (tertiary alicyclic amines) is 1. The molecule has 3 rings (SSSR count). The third-order valence-corrected chi connectivity index (χ3v) is 5.02. The molecular formula is C15H19BrN2O2. The maximum atomic E-state index is 10.7. The second-order valence-electron chi connectivity index (χ2n) is 6.00. The van der Waals surface area contributed by atoms with Gasteiger partial charge in [-0.15, -0.1) is 0 Å². The Morgan fingerprint density at radius 1 is 1.20 bits per heavy atom. The van der Waals surface area contributed by atoms with Crippen LogP contribution in [0.25, 0.3) is 0 Å². The van der Waals surface area contributed by atoms with Crippen LogP contribution in [0.15, 0.2) is 28.7 Å². The number of hydrogen-bond donors (Lipinski definition) is 1. The zero-order valence-corrected chi connectivity index (χ0v) is 13.0. The fraction of sp³-hybridized carbons (Fsp3) is 0.533. The van der Waals surface area contributed by atoms with Gasteiger partial charge in [0.15, 0.2) is 0 Å². The molecule has 2 heterocycles. The van der Waals surface area contributed by atoms with Gasteiger partial charge in [0.05, 0.1) is 6.54 Å². The van der Waals surface area contributed by atoms with E-state index in [0.29, 0.717) is 5.41 Å². The van der Waals surface area contributed by atoms with E-state index >= 15 is 0 Å². The Bertz CT molecular complexity index is 487. The Kier molecular flexibility index (Phi) is 3.73. The number of rotatable bonds is 3. The van der Waals surface area contributed by atoms with Crippen LogP contribution in [-0.2, 0) is 4.79 Å². The topological polar surface area (TPSA) is 43.8 Å². The minimum absolute atomic E-state index is 0.193. The summed E-state index contributed by atoms with van der Waals surface area (Å²) in [7, 11) is 0. The molecule has 0 bridgehead atoms. The minimum Gasteiger partial charge on any atom is -0.480 e. The van der Waals surface area contributed by atoms with Gasteiger partial charge in [-0.1, -0.05) is 15.9 Å². The number of carbonyl (C=O) groups is 1. The van der Waals surface area contributed by atoms with E-state index in [0.717, 1.165) is 30.7 Å². The Morgan fingerprint density at radius 2 is 1.80 bits per heavy atom. The molecule has 0 aliphatic carbocycles. The van der Waals surface area contributed by atoms with Gasteiger partial charge < -0.3 is 10.0 Å². The van der Waals surface area contributed by atoms with Crippen molar-refractivity contribution < 1.29 is 9.90 Å². The average Bonchev–Trinajstić information content (AvgIpc) is 2.38. The summed E-state index contributed by atoms with van der Waals surface area (Å²) in [5.41, 5.74) is 1.66. The van der Waals surface area contributed by atoms with Gasteiger partial charge in [0.2, 0.25) is 0 Å². The molecule has 2 saturated heterocycles. The number of hydrogen-bond acceptors (Lipinski definition) is 3. The molecular weight excluding hydrogens is 320 g/mol. The van der Waals surface area contributed by atoms with E-state index in [9.17, 15) is 4.79 Å². The van der Waals surface area contributed by atoms with E-state index in [-0.39, 0.29) is 6.54 Å². The van der Waals surface area contributed by atoms with Gasteiger partial charge >= 0.3 is 5.97 Å². The lowest BCUT2D eigenvalue weighted by Gasteiger charge is -2.54. The van der Waals surface area contributed by atoms with E-state index in [1.54, 1.807) is 0 Å². The standard InChI is InChI=1S/C15H19BrN2O2/c16-12-1-3-13(4-2-12)18-7-5-15(6-8-18)10-17(11-15)9-14(19)20/h1-4H,5-11H2,(H,19,20). The summed E-state index contributed by atoms with van der Waals surface area (Å²) in [6.45, 7) is 4.24. The smallest absolute Gasteiger partial charge is 0.317 e. The van der Waals surface area contributed by atoms with Gasteiger partial charge in [-0.2, -0.15) is 0 Å². The first kappa shape index (κ1) is 13.9. The summed E-state index contributed by atoms with van der Waals surface area (Å²) in [6, 6.07) is 8.47. The minimum atomic E-state index is -0.716. The molecule has 0 radical (unpaired) electrons. The molecule has 1 aromatic carbocycles. The normalized spacial score (nSPS) is 21.8. The van der Waals surface area contributed by atoms with E-state index in [1.807, 2.05) is 4.90 Å². The molecule has 108 valence electrons. The van der Waals surface area contributed by atoms with Crippen molar-refractivity contribution in [3.63, 3.8) is 0 Å². The van der Waals surface area contributed by atoms with Crippen molar-refractivity contribution in [2.24, 2.45) is 5.41 Å². The average molecular weight is 339 g/mol. The van der Waals surface area contributed by atoms with E-state index in [4.69, 9.17) is 5.11 Å². The number of carboxylic acid groups (broad SMARTS) is 1. The van der Waals surface area contributed by atoms with Crippen LogP contribution >= 0.6 is 15.9 Å². The summed E-state index contributed by atoms with van der Waals surface area (Å²) in [5.74, 6) is -0.716. The van der Waals surface area contributed by atoms with E-state index in [1.165, 1.54) is 18.5 Å². The second kappa shape index (κ2) is 5.37. The number of nitrogens with zero attached hydrogens (tertiary/aromatic N) is 2. The van der Waals surface area contributed by atoms with Crippen molar-refractivity contribution in [3.8, 4) is 0 Å². The Morgan fingerprint density at radius 3 is 2.35 bits per heavy atom. The van der Waals surface area contributed by atoms with Crippen molar-refractivity contribution in [3.05, 3.63) is 28.7 Å². The summed E-state index contributed by atoms with van der Waals surface area (Å²) in [5, 5.41) is 8.80. The Labute approximate surface area is 127 Å². The van der Waals surface area contributed by atoms with E-state index in [2.05, 4.69) is 45.1 Å². The number of piperidine rings is 1. The largest absolute Gasteiger partial charge is 0.480 e. The summed E-state index contributed by atoms with van der Waals surface area (Å²) < 4.78 is 1.11. The number of halogens is 1. The van der Waals surface area contributed by atoms with E-state index < -0.39 is 5.97 Å². The van der Waals surface area contributed by atoms with Crippen molar-refractivity contribution in [2.45, 2.75) is 12.8 Å². The molecule has 1 N–H and O–H groups in total. The number of carboxylic acids is 1. The highest BCUT2D eigenvalue weighted by atomic mass is 79.9. The predicted molar refractivity (Wildman–Crippen MR) is 82.1 cm³/mol. The second-order valence-corrected chi connectivity index (χ2v) is 6.92. The number of aliphatic carboxylic acids is 1. The van der Waals surface area contributed by atoms with Crippen LogP contribution in [0.2, 0.25) is 0 Å². The van der Waals surface area contributed by atoms with Crippen molar-refractivity contribution in [1.29, 1.82) is 0 Å². The van der Waals surface area contributed by atoms with Crippen molar-refractivity contribution in [2.75, 3.05) is 37.6 Å². The van der Waals surface area contributed by atoms with Gasteiger partial charge in [-0.25, -0.2) is 0 Å². The van der Waals surface area contributed by atoms with Crippen LogP contribution in [0.5, 0.6) is 0 Å². The highest BCUT2D eigenvalue weighted by molar-refractivity contribution is 9.10. The molecule has 0 unspecified atom stereocenters. The van der Waals surface area contributed by atoms with Gasteiger partial charge in [0.25, 0.3) is 0 Å². The highest BCUT2D eigenvalue weighted by Crippen LogP contribution is 2.41. The summed E-state index contributed by atoms with van der Waals surface area (Å²) in [6.07, 6.45) is 2.33. The molecule has 1 spiro atoms. The number of benzene rings is 1. The summed E-state index contributed by atoms with van der Waals surface area (Å²) >= 11 is 3.46. The molecule has 0 amide bonds. The number of anilines is 1. The van der Waals surface area contributed by atoms with Crippen LogP contribution < -0.4 is 4.90 Å². The van der Waals surface area contributed by atoms with Crippen LogP contribution in [0.1, 0.15) is 12.8 Å². The first-order valence-electron chi connectivity index (χ1n) is 7.01. The molecule has 0 atom stereocenters. The van der Waals surface area contributed by atoms with Gasteiger partial charge in [-0.05, 0) is 42.5 Å². The molecule has 5 heteroatoms. The lowest BCUT2D eigenvalue weighted by molar-refractivity contribution is -0.142. The maximum Gasteiger partial charge on any atom is 0.317 e. The lowest BCUT2D eigenvalue weighted by Crippen LogP contribution is -2.61. The lowest BCUT2D eigenvalue weighted by atomic mass is 9.72. The molecule has 1 aromatic rings. The van der Waals surface area contributed by atoms with Gasteiger partial charge in [0, 0.05) is 36.3 Å². The van der Waals surface area contributed by atoms with Crippen LogP contribution in [0.4, 0.5) is 5.69 Å². The van der Waals surface area contributed by atoms with Crippen molar-refractivity contribution in [1.82, 2.24) is 4.90 Å². The van der Waals surface area contributed by atoms with Crippen LogP contribution in [0.3, 0.4) is 0 Å². The molecule has 0 aromatic heterocycles.